The fourth-order valence-electron chi connectivity index (χ4n) is 3.09. The number of hydrogen-bond donors (Lipinski definition) is 1. The van der Waals surface area contributed by atoms with Crippen LogP contribution in [0.1, 0.15) is 35.2 Å². The van der Waals surface area contributed by atoms with Crippen molar-refractivity contribution in [1.82, 2.24) is 4.90 Å². The quantitative estimate of drug-likeness (QED) is 0.894. The van der Waals surface area contributed by atoms with Crippen molar-refractivity contribution in [3.8, 4) is 5.75 Å². The summed E-state index contributed by atoms with van der Waals surface area (Å²) in [6, 6.07) is 14.7. The molecule has 2 aromatic carbocycles. The topological polar surface area (TPSA) is 58.6 Å². The minimum absolute atomic E-state index is 0.0274. The highest BCUT2D eigenvalue weighted by molar-refractivity contribution is 6.04. The summed E-state index contributed by atoms with van der Waals surface area (Å²) < 4.78 is 5.58. The minimum atomic E-state index is -0.285. The Morgan fingerprint density at radius 3 is 2.46 bits per heavy atom. The van der Waals surface area contributed by atoms with E-state index in [0.717, 1.165) is 31.5 Å². The number of carbonyl (C=O) groups excluding carboxylic acids is 2. The maximum Gasteiger partial charge on any atom is 0.262 e. The zero-order chi connectivity index (χ0) is 18.4. The molecule has 1 N–H and O–H groups in total. The van der Waals surface area contributed by atoms with Crippen LogP contribution in [-0.2, 0) is 4.79 Å². The lowest BCUT2D eigenvalue weighted by atomic mass is 10.1. The van der Waals surface area contributed by atoms with Crippen LogP contribution in [0.25, 0.3) is 0 Å². The smallest absolute Gasteiger partial charge is 0.262 e. The van der Waals surface area contributed by atoms with E-state index >= 15 is 0 Å². The molecule has 26 heavy (non-hydrogen) atoms. The van der Waals surface area contributed by atoms with Crippen molar-refractivity contribution in [3.05, 3.63) is 59.7 Å². The largest absolute Gasteiger partial charge is 0.483 e. The van der Waals surface area contributed by atoms with Crippen molar-refractivity contribution >= 4 is 17.5 Å². The summed E-state index contributed by atoms with van der Waals surface area (Å²) in [5, 5.41) is 2.81. The number of rotatable bonds is 5. The van der Waals surface area contributed by atoms with Gasteiger partial charge in [-0.05, 0) is 49.9 Å². The van der Waals surface area contributed by atoms with Gasteiger partial charge in [-0.3, -0.25) is 9.59 Å². The van der Waals surface area contributed by atoms with Crippen LogP contribution in [0.3, 0.4) is 0 Å². The molecule has 5 heteroatoms. The number of hydrogen-bond acceptors (Lipinski definition) is 3. The summed E-state index contributed by atoms with van der Waals surface area (Å²) in [4.78, 5) is 26.9. The SMILES string of the molecule is Cc1ccccc1OCC(=O)Nc1ccccc1C(=O)N1CCCCC1. The second-order valence-electron chi connectivity index (χ2n) is 6.50. The van der Waals surface area contributed by atoms with Crippen molar-refractivity contribution in [2.45, 2.75) is 26.2 Å². The van der Waals surface area contributed by atoms with Crippen LogP contribution in [0, 0.1) is 6.92 Å². The molecular weight excluding hydrogens is 328 g/mol. The van der Waals surface area contributed by atoms with Gasteiger partial charge in [-0.25, -0.2) is 0 Å². The third-order valence-electron chi connectivity index (χ3n) is 4.53. The lowest BCUT2D eigenvalue weighted by molar-refractivity contribution is -0.118. The fourth-order valence-corrected chi connectivity index (χ4v) is 3.09. The molecule has 0 aromatic heterocycles. The number of amides is 2. The molecule has 3 rings (SSSR count). The lowest BCUT2D eigenvalue weighted by Crippen LogP contribution is -2.36. The minimum Gasteiger partial charge on any atom is -0.483 e. The molecule has 1 aliphatic heterocycles. The number of anilines is 1. The van der Waals surface area contributed by atoms with Gasteiger partial charge < -0.3 is 15.0 Å². The summed E-state index contributed by atoms with van der Waals surface area (Å²) in [7, 11) is 0. The van der Waals surface area contributed by atoms with Gasteiger partial charge in [-0.15, -0.1) is 0 Å². The zero-order valence-electron chi connectivity index (χ0n) is 15.0. The highest BCUT2D eigenvalue weighted by atomic mass is 16.5. The molecule has 0 saturated carbocycles. The van der Waals surface area contributed by atoms with Gasteiger partial charge in [0.25, 0.3) is 11.8 Å². The second-order valence-corrected chi connectivity index (χ2v) is 6.50. The molecule has 0 aliphatic carbocycles. The molecule has 0 atom stereocenters. The number of benzene rings is 2. The average molecular weight is 352 g/mol. The molecule has 1 heterocycles. The van der Waals surface area contributed by atoms with E-state index in [2.05, 4.69) is 5.32 Å². The van der Waals surface area contributed by atoms with Crippen LogP contribution in [-0.4, -0.2) is 36.4 Å². The lowest BCUT2D eigenvalue weighted by Gasteiger charge is -2.27. The van der Waals surface area contributed by atoms with E-state index in [1.807, 2.05) is 48.2 Å². The summed E-state index contributed by atoms with van der Waals surface area (Å²) in [5.74, 6) is 0.368. The van der Waals surface area contributed by atoms with Crippen LogP contribution in [0.15, 0.2) is 48.5 Å². The molecule has 2 aromatic rings. The van der Waals surface area contributed by atoms with Gasteiger partial charge in [-0.2, -0.15) is 0 Å². The molecule has 1 aliphatic rings. The third-order valence-corrected chi connectivity index (χ3v) is 4.53. The maximum atomic E-state index is 12.8. The monoisotopic (exact) mass is 352 g/mol. The Bertz CT molecular complexity index is 782. The number of nitrogens with zero attached hydrogens (tertiary/aromatic N) is 1. The zero-order valence-corrected chi connectivity index (χ0v) is 15.0. The van der Waals surface area contributed by atoms with Crippen molar-refractivity contribution < 1.29 is 14.3 Å². The second kappa shape index (κ2) is 8.52. The highest BCUT2D eigenvalue weighted by Gasteiger charge is 2.21. The van der Waals surface area contributed by atoms with Crippen LogP contribution in [0.4, 0.5) is 5.69 Å². The van der Waals surface area contributed by atoms with E-state index in [-0.39, 0.29) is 18.4 Å². The van der Waals surface area contributed by atoms with Crippen molar-refractivity contribution in [1.29, 1.82) is 0 Å². The van der Waals surface area contributed by atoms with Crippen molar-refractivity contribution in [2.75, 3.05) is 25.0 Å². The van der Waals surface area contributed by atoms with Crippen LogP contribution >= 0.6 is 0 Å². The molecule has 0 radical (unpaired) electrons. The van der Waals surface area contributed by atoms with Crippen LogP contribution in [0.2, 0.25) is 0 Å². The van der Waals surface area contributed by atoms with Crippen molar-refractivity contribution in [3.63, 3.8) is 0 Å². The molecule has 2 amide bonds. The maximum absolute atomic E-state index is 12.8. The summed E-state index contributed by atoms with van der Waals surface area (Å²) in [6.45, 7) is 3.38. The molecule has 0 unspecified atom stereocenters. The van der Waals surface area contributed by atoms with Gasteiger partial charge in [0.2, 0.25) is 0 Å². The Morgan fingerprint density at radius 2 is 1.69 bits per heavy atom. The first kappa shape index (κ1) is 18.0. The summed E-state index contributed by atoms with van der Waals surface area (Å²) in [5.41, 5.74) is 2.03. The van der Waals surface area contributed by atoms with Gasteiger partial charge in [0.1, 0.15) is 5.75 Å². The Labute approximate surface area is 154 Å². The van der Waals surface area contributed by atoms with Crippen LogP contribution < -0.4 is 10.1 Å². The number of piperidine rings is 1. The molecular formula is C21H24N2O3. The van der Waals surface area contributed by atoms with Gasteiger partial charge in [0.15, 0.2) is 6.61 Å². The van der Waals surface area contributed by atoms with E-state index in [4.69, 9.17) is 4.74 Å². The summed E-state index contributed by atoms with van der Waals surface area (Å²) >= 11 is 0. The summed E-state index contributed by atoms with van der Waals surface area (Å²) in [6.07, 6.45) is 3.23. The Hall–Kier alpha value is -2.82. The van der Waals surface area contributed by atoms with E-state index in [0.29, 0.717) is 17.0 Å². The number of ether oxygens (including phenoxy) is 1. The number of para-hydroxylation sites is 2. The Morgan fingerprint density at radius 1 is 1.00 bits per heavy atom. The van der Waals surface area contributed by atoms with Gasteiger partial charge in [0, 0.05) is 13.1 Å². The number of carbonyl (C=O) groups is 2. The predicted octanol–water partition coefficient (Wildman–Crippen LogP) is 3.64. The third kappa shape index (κ3) is 4.42. The number of aryl methyl sites for hydroxylation is 1. The Balaban J connectivity index is 1.65. The van der Waals surface area contributed by atoms with Crippen LogP contribution in [0.5, 0.6) is 5.75 Å². The average Bonchev–Trinajstić information content (AvgIpc) is 2.68. The van der Waals surface area contributed by atoms with E-state index in [1.165, 1.54) is 6.42 Å². The number of likely N-dealkylation sites (tertiary alicyclic amines) is 1. The van der Waals surface area contributed by atoms with E-state index in [1.54, 1.807) is 12.1 Å². The normalized spacial score (nSPS) is 14.0. The van der Waals surface area contributed by atoms with E-state index < -0.39 is 0 Å². The molecule has 1 saturated heterocycles. The van der Waals surface area contributed by atoms with E-state index in [9.17, 15) is 9.59 Å². The molecule has 0 spiro atoms. The van der Waals surface area contributed by atoms with Gasteiger partial charge >= 0.3 is 0 Å². The van der Waals surface area contributed by atoms with Crippen molar-refractivity contribution in [2.24, 2.45) is 0 Å². The first-order chi connectivity index (χ1) is 12.6. The first-order valence-corrected chi connectivity index (χ1v) is 9.02. The first-order valence-electron chi connectivity index (χ1n) is 9.02. The highest BCUT2D eigenvalue weighted by Crippen LogP contribution is 2.20. The molecule has 5 nitrogen and oxygen atoms in total. The predicted molar refractivity (Wildman–Crippen MR) is 102 cm³/mol. The van der Waals surface area contributed by atoms with Gasteiger partial charge in [-0.1, -0.05) is 30.3 Å². The number of nitrogens with one attached hydrogen (secondary N) is 1. The molecule has 0 bridgehead atoms. The molecule has 136 valence electrons. The van der Waals surface area contributed by atoms with Gasteiger partial charge in [0.05, 0.1) is 11.3 Å². The Kier molecular flexibility index (Phi) is 5.89. The fraction of sp³-hybridized carbons (Fsp3) is 0.333. The molecule has 1 fully saturated rings. The standard InChI is InChI=1S/C21H24N2O3/c1-16-9-3-6-12-19(16)26-15-20(24)22-18-11-5-4-10-17(18)21(25)23-13-7-2-8-14-23/h3-6,9-12H,2,7-8,13-15H2,1H3,(H,22,24).